The fourth-order valence-corrected chi connectivity index (χ4v) is 4.83. The molecular formula is C29H30F2N6O3. The number of methoxy groups -OCH3 is 1. The van der Waals surface area contributed by atoms with Crippen LogP contribution in [0.5, 0.6) is 0 Å². The number of aryl methyl sites for hydroxylation is 1. The zero-order valence-electron chi connectivity index (χ0n) is 22.4. The van der Waals surface area contributed by atoms with Gasteiger partial charge in [0, 0.05) is 37.2 Å². The zero-order valence-corrected chi connectivity index (χ0v) is 22.4. The summed E-state index contributed by atoms with van der Waals surface area (Å²) in [6.07, 6.45) is 3.57. The highest BCUT2D eigenvalue weighted by atomic mass is 19.2. The minimum absolute atomic E-state index is 0.229. The van der Waals surface area contributed by atoms with Gasteiger partial charge in [0.05, 0.1) is 17.8 Å². The van der Waals surface area contributed by atoms with Crippen LogP contribution in [-0.4, -0.2) is 51.6 Å². The Kier molecular flexibility index (Phi) is 8.13. The molecule has 40 heavy (non-hydrogen) atoms. The molecule has 1 aliphatic heterocycles. The number of benzene rings is 2. The number of halogens is 2. The van der Waals surface area contributed by atoms with E-state index in [2.05, 4.69) is 20.6 Å². The second kappa shape index (κ2) is 11.9. The van der Waals surface area contributed by atoms with Crippen molar-refractivity contribution in [3.63, 3.8) is 0 Å². The van der Waals surface area contributed by atoms with Gasteiger partial charge in [0.2, 0.25) is 0 Å². The highest BCUT2D eigenvalue weighted by molar-refractivity contribution is 5.91. The Bertz CT molecular complexity index is 1480. The van der Waals surface area contributed by atoms with E-state index in [0.29, 0.717) is 47.9 Å². The minimum atomic E-state index is -0.973. The summed E-state index contributed by atoms with van der Waals surface area (Å²) < 4.78 is 40.7. The number of nitrogens with zero attached hydrogens (tertiary/aromatic N) is 4. The first-order chi connectivity index (χ1) is 19.3. The lowest BCUT2D eigenvalue weighted by Crippen LogP contribution is -2.40. The number of anilines is 1. The molecule has 2 aromatic heterocycles. The fourth-order valence-electron chi connectivity index (χ4n) is 4.83. The summed E-state index contributed by atoms with van der Waals surface area (Å²) in [5.41, 5.74) is 3.26. The van der Waals surface area contributed by atoms with E-state index in [9.17, 15) is 13.6 Å². The first-order valence-electron chi connectivity index (χ1n) is 12.9. The second-order valence-electron chi connectivity index (χ2n) is 9.66. The van der Waals surface area contributed by atoms with Gasteiger partial charge in [-0.15, -0.1) is 0 Å². The predicted octanol–water partition coefficient (Wildman–Crippen LogP) is 5.28. The maximum absolute atomic E-state index is 14.1. The summed E-state index contributed by atoms with van der Waals surface area (Å²) in [4.78, 5) is 22.0. The van der Waals surface area contributed by atoms with Crippen LogP contribution >= 0.6 is 0 Å². The van der Waals surface area contributed by atoms with Crippen molar-refractivity contribution >= 4 is 11.8 Å². The third-order valence-corrected chi connectivity index (χ3v) is 6.86. The smallest absolute Gasteiger partial charge is 0.320 e. The molecule has 208 valence electrons. The first-order valence-corrected chi connectivity index (χ1v) is 12.9. The van der Waals surface area contributed by atoms with Crippen LogP contribution in [0.3, 0.4) is 0 Å². The van der Waals surface area contributed by atoms with E-state index in [1.165, 1.54) is 6.07 Å². The topological polar surface area (TPSA) is 103 Å². The van der Waals surface area contributed by atoms with E-state index in [4.69, 9.17) is 14.6 Å². The molecule has 2 aromatic carbocycles. The molecule has 3 atom stereocenters. The number of para-hydroxylation sites is 1. The Balaban J connectivity index is 1.42. The lowest BCUT2D eigenvalue weighted by molar-refractivity contribution is 0.0210. The van der Waals surface area contributed by atoms with E-state index in [1.807, 2.05) is 37.3 Å². The summed E-state index contributed by atoms with van der Waals surface area (Å²) in [6.45, 7) is 4.13. The third-order valence-electron chi connectivity index (χ3n) is 6.86. The highest BCUT2D eigenvalue weighted by Gasteiger charge is 2.37. The molecule has 1 aliphatic rings. The van der Waals surface area contributed by atoms with Gasteiger partial charge < -0.3 is 14.8 Å². The number of rotatable bonds is 8. The predicted molar refractivity (Wildman–Crippen MR) is 145 cm³/mol. The Morgan fingerprint density at radius 2 is 1.85 bits per heavy atom. The summed E-state index contributed by atoms with van der Waals surface area (Å²) in [7, 11) is 1.60. The van der Waals surface area contributed by atoms with Crippen LogP contribution in [0.15, 0.2) is 60.9 Å². The highest BCUT2D eigenvalue weighted by Crippen LogP contribution is 2.36. The average molecular weight is 549 g/mol. The quantitative estimate of drug-likeness (QED) is 0.311. The molecule has 2 N–H and O–H groups in total. The van der Waals surface area contributed by atoms with Crippen LogP contribution in [0.1, 0.15) is 35.9 Å². The summed E-state index contributed by atoms with van der Waals surface area (Å²) >= 11 is 0. The van der Waals surface area contributed by atoms with Gasteiger partial charge in [0.25, 0.3) is 0 Å². The van der Waals surface area contributed by atoms with Crippen molar-refractivity contribution in [2.75, 3.05) is 19.0 Å². The van der Waals surface area contributed by atoms with Crippen LogP contribution in [-0.2, 0) is 9.47 Å². The normalized spacial score (nSPS) is 18.6. The Labute approximate surface area is 230 Å². The summed E-state index contributed by atoms with van der Waals surface area (Å²) in [5, 5.41) is 10.7. The molecule has 0 spiro atoms. The maximum Gasteiger partial charge on any atom is 0.320 e. The van der Waals surface area contributed by atoms with E-state index < -0.39 is 29.8 Å². The van der Waals surface area contributed by atoms with Crippen LogP contribution in [0, 0.1) is 25.5 Å². The Hall–Kier alpha value is -4.22. The minimum Gasteiger partial charge on any atom is -0.385 e. The lowest BCUT2D eigenvalue weighted by atomic mass is 10.0. The van der Waals surface area contributed by atoms with Gasteiger partial charge >= 0.3 is 6.03 Å². The number of hydrogen-bond acceptors (Lipinski definition) is 6. The van der Waals surface area contributed by atoms with Crippen molar-refractivity contribution in [1.29, 1.82) is 0 Å². The molecule has 1 fully saturated rings. The monoisotopic (exact) mass is 548 g/mol. The largest absolute Gasteiger partial charge is 0.385 e. The number of urea groups is 1. The SMILES string of the molecule is COCCC1C[C@@H](NC(=O)Nc2c(C)c(-c3cnc(C)nc3)nn2-c2ccccc2)[C@H](c2ccc(F)c(F)c2)O1. The van der Waals surface area contributed by atoms with Crippen LogP contribution in [0.2, 0.25) is 0 Å². The number of ether oxygens (including phenoxy) is 2. The number of nitrogens with one attached hydrogen (secondary N) is 2. The van der Waals surface area contributed by atoms with Crippen LogP contribution in [0.25, 0.3) is 16.9 Å². The standard InChI is InChI=1S/C29H30F2N6O3/c1-17-26(20-15-32-18(2)33-16-20)36-37(21-7-5-4-6-8-21)28(17)35-29(38)34-25-14-22(11-12-39-3)40-27(25)19-9-10-23(30)24(31)13-19/h4-10,13,15-16,22,25,27H,11-12,14H2,1-3H3,(H2,34,35,38)/t22?,25-,27+/m1/s1. The lowest BCUT2D eigenvalue weighted by Gasteiger charge is -2.21. The van der Waals surface area contributed by atoms with Gasteiger partial charge in [0.1, 0.15) is 23.4 Å². The molecule has 0 bridgehead atoms. The molecule has 1 unspecified atom stereocenters. The number of carbonyl (C=O) groups is 1. The summed E-state index contributed by atoms with van der Waals surface area (Å²) in [6, 6.07) is 12.1. The first kappa shape index (κ1) is 27.4. The fraction of sp³-hybridized carbons (Fsp3) is 0.310. The molecule has 0 radical (unpaired) electrons. The van der Waals surface area contributed by atoms with Crippen molar-refractivity contribution in [1.82, 2.24) is 25.1 Å². The Morgan fingerprint density at radius 3 is 2.55 bits per heavy atom. The van der Waals surface area contributed by atoms with Crippen molar-refractivity contribution in [2.45, 2.75) is 44.9 Å². The molecule has 1 saturated heterocycles. The average Bonchev–Trinajstić information content (AvgIpc) is 3.50. The van der Waals surface area contributed by atoms with E-state index in [-0.39, 0.29) is 6.10 Å². The molecule has 5 rings (SSSR count). The van der Waals surface area contributed by atoms with Gasteiger partial charge in [-0.05, 0) is 56.5 Å². The maximum atomic E-state index is 14.1. The molecule has 11 heteroatoms. The van der Waals surface area contributed by atoms with Gasteiger partial charge in [-0.2, -0.15) is 5.10 Å². The molecule has 0 aliphatic carbocycles. The van der Waals surface area contributed by atoms with Gasteiger partial charge in [-0.25, -0.2) is 28.2 Å². The number of amides is 2. The van der Waals surface area contributed by atoms with Crippen molar-refractivity contribution < 1.29 is 23.0 Å². The van der Waals surface area contributed by atoms with E-state index in [0.717, 1.165) is 23.4 Å². The number of hydrogen-bond donors (Lipinski definition) is 2. The Morgan fingerprint density at radius 1 is 1.10 bits per heavy atom. The van der Waals surface area contributed by atoms with Crippen molar-refractivity contribution in [3.8, 4) is 16.9 Å². The zero-order chi connectivity index (χ0) is 28.2. The molecule has 0 saturated carbocycles. The third kappa shape index (κ3) is 5.85. The van der Waals surface area contributed by atoms with Crippen LogP contribution in [0.4, 0.5) is 19.4 Å². The van der Waals surface area contributed by atoms with E-state index >= 15 is 0 Å². The van der Waals surface area contributed by atoms with Gasteiger partial charge in [-0.1, -0.05) is 24.3 Å². The summed E-state index contributed by atoms with van der Waals surface area (Å²) in [5.74, 6) is -0.808. The molecular weight excluding hydrogens is 518 g/mol. The van der Waals surface area contributed by atoms with Crippen molar-refractivity contribution in [2.24, 2.45) is 0 Å². The van der Waals surface area contributed by atoms with Crippen molar-refractivity contribution in [3.05, 3.63) is 89.5 Å². The molecule has 3 heterocycles. The molecule has 4 aromatic rings. The molecule has 9 nitrogen and oxygen atoms in total. The van der Waals surface area contributed by atoms with Gasteiger partial charge in [-0.3, -0.25) is 5.32 Å². The van der Waals surface area contributed by atoms with Gasteiger partial charge in [0.15, 0.2) is 11.6 Å². The number of aromatic nitrogens is 4. The number of carbonyl (C=O) groups excluding carboxylic acids is 1. The molecule has 2 amide bonds. The van der Waals surface area contributed by atoms with E-state index in [1.54, 1.807) is 31.1 Å². The second-order valence-corrected chi connectivity index (χ2v) is 9.66. The van der Waals surface area contributed by atoms with Crippen LogP contribution < -0.4 is 10.6 Å².